The summed E-state index contributed by atoms with van der Waals surface area (Å²) in [6.45, 7) is 5.39. The summed E-state index contributed by atoms with van der Waals surface area (Å²) < 4.78 is 2.69. The second-order valence-corrected chi connectivity index (χ2v) is 5.37. The fourth-order valence-corrected chi connectivity index (χ4v) is 2.53. The third-order valence-electron chi connectivity index (χ3n) is 3.12. The minimum atomic E-state index is -0.366. The highest BCUT2D eigenvalue weighted by Gasteiger charge is 2.22. The maximum Gasteiger partial charge on any atom is 0.157 e. The van der Waals surface area contributed by atoms with Gasteiger partial charge in [-0.3, -0.25) is 4.79 Å². The van der Waals surface area contributed by atoms with Crippen LogP contribution in [0.4, 0.5) is 0 Å². The van der Waals surface area contributed by atoms with Crippen LogP contribution in [0.25, 0.3) is 0 Å². The summed E-state index contributed by atoms with van der Waals surface area (Å²) >= 11 is 3.43. The van der Waals surface area contributed by atoms with Gasteiger partial charge in [0, 0.05) is 16.2 Å². The Hall–Kier alpha value is -2.12. The lowest BCUT2D eigenvalue weighted by Crippen LogP contribution is -2.17. The molecule has 4 heteroatoms. The lowest BCUT2D eigenvalue weighted by molar-refractivity contribution is -0.113. The molecule has 0 radical (unpaired) electrons. The molecule has 0 fully saturated rings. The molecule has 1 atom stereocenters. The van der Waals surface area contributed by atoms with Crippen molar-refractivity contribution in [2.24, 2.45) is 0 Å². The van der Waals surface area contributed by atoms with Crippen LogP contribution in [0.3, 0.4) is 0 Å². The van der Waals surface area contributed by atoms with E-state index in [4.69, 9.17) is 0 Å². The highest BCUT2D eigenvalue weighted by atomic mass is 79.9. The van der Waals surface area contributed by atoms with Gasteiger partial charge in [0.05, 0.1) is 6.04 Å². The van der Waals surface area contributed by atoms with Crippen molar-refractivity contribution in [2.45, 2.75) is 13.0 Å². The molecule has 0 bridgehead atoms. The Morgan fingerprint density at radius 1 is 1.40 bits per heavy atom. The molecule has 0 saturated carbocycles. The first-order chi connectivity index (χ1) is 9.54. The van der Waals surface area contributed by atoms with Gasteiger partial charge >= 0.3 is 0 Å². The smallest absolute Gasteiger partial charge is 0.157 e. The van der Waals surface area contributed by atoms with Gasteiger partial charge in [0.2, 0.25) is 0 Å². The van der Waals surface area contributed by atoms with E-state index in [0.717, 1.165) is 10.0 Å². The molecule has 0 amide bonds. The number of carbonyl (C=O) groups is 1. The molecule has 1 aromatic carbocycles. The fraction of sp³-hybridized carbons (Fsp3) is 0.125. The molecule has 0 unspecified atom stereocenters. The predicted molar refractivity (Wildman–Crippen MR) is 81.2 cm³/mol. The molecule has 2 rings (SSSR count). The van der Waals surface area contributed by atoms with Crippen LogP contribution in [0.5, 0.6) is 0 Å². The van der Waals surface area contributed by atoms with Crippen molar-refractivity contribution in [3.63, 3.8) is 0 Å². The number of ketones is 1. The molecular formula is C16H13BrN2O. The quantitative estimate of drug-likeness (QED) is 0.800. The number of rotatable bonds is 4. The zero-order valence-corrected chi connectivity index (χ0v) is 12.6. The average molecular weight is 329 g/mol. The first-order valence-electron chi connectivity index (χ1n) is 6.06. The summed E-state index contributed by atoms with van der Waals surface area (Å²) in [6.07, 6.45) is 1.79. The van der Waals surface area contributed by atoms with Gasteiger partial charge in [-0.2, -0.15) is 5.26 Å². The molecule has 1 heterocycles. The molecule has 0 saturated heterocycles. The largest absolute Gasteiger partial charge is 0.328 e. The van der Waals surface area contributed by atoms with Crippen LogP contribution in [0, 0.1) is 11.3 Å². The SMILES string of the molecule is C=C(C(C)=O)[C@@H](c1cccc(Br)c1)n1cccc1C#N. The Labute approximate surface area is 126 Å². The summed E-state index contributed by atoms with van der Waals surface area (Å²) in [7, 11) is 0. The van der Waals surface area contributed by atoms with Crippen molar-refractivity contribution in [2.75, 3.05) is 0 Å². The number of hydrogen-bond donors (Lipinski definition) is 0. The molecule has 100 valence electrons. The first kappa shape index (κ1) is 14.3. The minimum Gasteiger partial charge on any atom is -0.328 e. The number of allylic oxidation sites excluding steroid dienone is 1. The van der Waals surface area contributed by atoms with Gasteiger partial charge in [-0.25, -0.2) is 0 Å². The summed E-state index contributed by atoms with van der Waals surface area (Å²) in [6, 6.07) is 12.9. The van der Waals surface area contributed by atoms with Crippen molar-refractivity contribution in [3.8, 4) is 6.07 Å². The fourth-order valence-electron chi connectivity index (χ4n) is 2.11. The Balaban J connectivity index is 2.60. The van der Waals surface area contributed by atoms with Crippen LogP contribution < -0.4 is 0 Å². The van der Waals surface area contributed by atoms with Gasteiger partial charge in [-0.1, -0.05) is 34.6 Å². The second kappa shape index (κ2) is 5.89. The van der Waals surface area contributed by atoms with Gasteiger partial charge in [-0.15, -0.1) is 0 Å². The molecule has 0 spiro atoms. The highest BCUT2D eigenvalue weighted by Crippen LogP contribution is 2.29. The minimum absolute atomic E-state index is 0.0902. The maximum absolute atomic E-state index is 11.7. The molecule has 1 aromatic heterocycles. The van der Waals surface area contributed by atoms with E-state index in [9.17, 15) is 10.1 Å². The average Bonchev–Trinajstić information content (AvgIpc) is 2.87. The number of halogens is 1. The van der Waals surface area contributed by atoms with Gasteiger partial charge < -0.3 is 4.57 Å². The van der Waals surface area contributed by atoms with Crippen molar-refractivity contribution in [3.05, 3.63) is 70.5 Å². The number of Topliss-reactive ketones (excluding diaryl/α,β-unsaturated/α-hetero) is 1. The summed E-state index contributed by atoms with van der Waals surface area (Å²) in [5.74, 6) is -0.0902. The van der Waals surface area contributed by atoms with Gasteiger partial charge in [0.15, 0.2) is 5.78 Å². The van der Waals surface area contributed by atoms with Crippen LogP contribution in [-0.2, 0) is 4.79 Å². The van der Waals surface area contributed by atoms with Crippen molar-refractivity contribution in [1.29, 1.82) is 5.26 Å². The zero-order valence-electron chi connectivity index (χ0n) is 11.0. The molecule has 0 aliphatic heterocycles. The lowest BCUT2D eigenvalue weighted by atomic mass is 9.97. The molecule has 20 heavy (non-hydrogen) atoms. The number of hydrogen-bond acceptors (Lipinski definition) is 2. The van der Waals surface area contributed by atoms with Crippen LogP contribution in [0.1, 0.15) is 24.2 Å². The standard InChI is InChI=1S/C16H13BrN2O/c1-11(12(2)20)16(13-5-3-6-14(17)9-13)19-8-4-7-15(19)10-18/h3-9,16H,1H2,2H3/t16-/m0/s1. The Morgan fingerprint density at radius 2 is 2.15 bits per heavy atom. The monoisotopic (exact) mass is 328 g/mol. The van der Waals surface area contributed by atoms with Gasteiger partial charge in [0.25, 0.3) is 0 Å². The Bertz CT molecular complexity index is 709. The molecule has 3 nitrogen and oxygen atoms in total. The van der Waals surface area contributed by atoms with Crippen LogP contribution >= 0.6 is 15.9 Å². The molecule has 2 aromatic rings. The zero-order chi connectivity index (χ0) is 14.7. The third-order valence-corrected chi connectivity index (χ3v) is 3.61. The summed E-state index contributed by atoms with van der Waals surface area (Å²) in [4.78, 5) is 11.7. The highest BCUT2D eigenvalue weighted by molar-refractivity contribution is 9.10. The predicted octanol–water partition coefficient (Wildman–Crippen LogP) is 3.86. The van der Waals surface area contributed by atoms with E-state index in [1.807, 2.05) is 24.3 Å². The van der Waals surface area contributed by atoms with Crippen LogP contribution in [0.15, 0.2) is 59.2 Å². The van der Waals surface area contributed by atoms with Crippen LogP contribution in [-0.4, -0.2) is 10.4 Å². The van der Waals surface area contributed by atoms with E-state index < -0.39 is 0 Å². The van der Waals surface area contributed by atoms with Gasteiger partial charge in [-0.05, 0) is 36.8 Å². The first-order valence-corrected chi connectivity index (χ1v) is 6.86. The number of benzene rings is 1. The van der Waals surface area contributed by atoms with Crippen molar-refractivity contribution < 1.29 is 4.79 Å². The Kier molecular flexibility index (Phi) is 4.21. The van der Waals surface area contributed by atoms with Crippen molar-refractivity contribution >= 4 is 21.7 Å². The maximum atomic E-state index is 11.7. The molecule has 0 N–H and O–H groups in total. The van der Waals surface area contributed by atoms with E-state index >= 15 is 0 Å². The van der Waals surface area contributed by atoms with E-state index in [0.29, 0.717) is 11.3 Å². The van der Waals surface area contributed by atoms with Crippen molar-refractivity contribution in [1.82, 2.24) is 4.57 Å². The topological polar surface area (TPSA) is 45.8 Å². The van der Waals surface area contributed by atoms with E-state index in [-0.39, 0.29) is 11.8 Å². The number of nitriles is 1. The van der Waals surface area contributed by atoms with E-state index in [2.05, 4.69) is 28.6 Å². The second-order valence-electron chi connectivity index (χ2n) is 4.45. The Morgan fingerprint density at radius 3 is 2.75 bits per heavy atom. The third kappa shape index (κ3) is 2.73. The van der Waals surface area contributed by atoms with E-state index in [1.165, 1.54) is 6.92 Å². The molecular weight excluding hydrogens is 316 g/mol. The number of carbonyl (C=O) groups excluding carboxylic acids is 1. The van der Waals surface area contributed by atoms with Gasteiger partial charge in [0.1, 0.15) is 11.8 Å². The summed E-state index contributed by atoms with van der Waals surface area (Å²) in [5, 5.41) is 9.18. The normalized spacial score (nSPS) is 11.7. The lowest BCUT2D eigenvalue weighted by Gasteiger charge is -2.21. The summed E-state index contributed by atoms with van der Waals surface area (Å²) in [5.41, 5.74) is 1.86. The van der Waals surface area contributed by atoms with E-state index in [1.54, 1.807) is 22.9 Å². The van der Waals surface area contributed by atoms with Crippen LogP contribution in [0.2, 0.25) is 0 Å². The molecule has 0 aliphatic rings. The molecule has 0 aliphatic carbocycles. The number of nitrogens with zero attached hydrogens (tertiary/aromatic N) is 2. The number of aromatic nitrogens is 1.